The number of aliphatic carboxylic acids is 1. The third-order valence-corrected chi connectivity index (χ3v) is 4.09. The van der Waals surface area contributed by atoms with Crippen LogP contribution in [-0.2, 0) is 9.53 Å². The largest absolute Gasteiger partial charge is 0.497 e. The van der Waals surface area contributed by atoms with Crippen molar-refractivity contribution >= 4 is 12.1 Å². The number of carboxylic acids is 1. The summed E-state index contributed by atoms with van der Waals surface area (Å²) in [5, 5.41) is 9.66. The van der Waals surface area contributed by atoms with E-state index in [9.17, 15) is 14.7 Å². The van der Waals surface area contributed by atoms with Crippen molar-refractivity contribution in [2.75, 3.05) is 20.2 Å². The molecule has 2 rings (SSSR count). The summed E-state index contributed by atoms with van der Waals surface area (Å²) in [5.74, 6) is -0.979. The summed E-state index contributed by atoms with van der Waals surface area (Å²) in [6.45, 7) is 6.35. The van der Waals surface area contributed by atoms with Crippen LogP contribution in [0.4, 0.5) is 4.79 Å². The highest BCUT2D eigenvalue weighted by Gasteiger charge is 2.37. The standard InChI is InChI=1S/C18H25NO5/c1-18(2,3)24-17(22)19-10-9-13(11-19)15(16(20)21)12-5-7-14(23-4)8-6-12/h5-8,13,15H,9-11H2,1-4H3,(H,20,21). The van der Waals surface area contributed by atoms with E-state index in [0.717, 1.165) is 5.56 Å². The molecule has 1 N–H and O–H groups in total. The van der Waals surface area contributed by atoms with Gasteiger partial charge in [0.1, 0.15) is 11.4 Å². The summed E-state index contributed by atoms with van der Waals surface area (Å²) >= 11 is 0. The molecular weight excluding hydrogens is 310 g/mol. The number of methoxy groups -OCH3 is 1. The SMILES string of the molecule is COc1ccc(C(C(=O)O)C2CCN(C(=O)OC(C)(C)C)C2)cc1. The van der Waals surface area contributed by atoms with Crippen molar-refractivity contribution in [2.24, 2.45) is 5.92 Å². The van der Waals surface area contributed by atoms with Crippen molar-refractivity contribution in [1.29, 1.82) is 0 Å². The predicted molar refractivity (Wildman–Crippen MR) is 89.3 cm³/mol. The lowest BCUT2D eigenvalue weighted by atomic mass is 9.85. The Hall–Kier alpha value is -2.24. The van der Waals surface area contributed by atoms with E-state index >= 15 is 0 Å². The average Bonchev–Trinajstić information content (AvgIpc) is 2.95. The highest BCUT2D eigenvalue weighted by Crippen LogP contribution is 2.33. The lowest BCUT2D eigenvalue weighted by Crippen LogP contribution is -2.36. The Balaban J connectivity index is 2.10. The molecule has 0 saturated carbocycles. The van der Waals surface area contributed by atoms with E-state index in [1.165, 1.54) is 0 Å². The number of likely N-dealkylation sites (tertiary alicyclic amines) is 1. The molecule has 1 amide bonds. The first-order chi connectivity index (χ1) is 11.2. The number of amides is 1. The van der Waals surface area contributed by atoms with Gasteiger partial charge in [-0.25, -0.2) is 4.79 Å². The second kappa shape index (κ2) is 7.11. The molecule has 2 unspecified atom stereocenters. The summed E-state index contributed by atoms with van der Waals surface area (Å²) in [4.78, 5) is 25.5. The second-order valence-electron chi connectivity index (χ2n) is 7.06. The van der Waals surface area contributed by atoms with Gasteiger partial charge in [-0.2, -0.15) is 0 Å². The summed E-state index contributed by atoms with van der Waals surface area (Å²) in [6.07, 6.45) is 0.256. The van der Waals surface area contributed by atoms with Gasteiger partial charge in [-0.3, -0.25) is 4.79 Å². The van der Waals surface area contributed by atoms with Crippen molar-refractivity contribution in [1.82, 2.24) is 4.90 Å². The summed E-state index contributed by atoms with van der Waals surface area (Å²) in [5.41, 5.74) is 0.163. The molecule has 0 bridgehead atoms. The van der Waals surface area contributed by atoms with Crippen LogP contribution >= 0.6 is 0 Å². The first-order valence-corrected chi connectivity index (χ1v) is 8.06. The predicted octanol–water partition coefficient (Wildman–Crippen LogP) is 3.12. The van der Waals surface area contributed by atoms with Gasteiger partial charge >= 0.3 is 12.1 Å². The molecular formula is C18H25NO5. The number of carbonyl (C=O) groups excluding carboxylic acids is 1. The second-order valence-corrected chi connectivity index (χ2v) is 7.06. The smallest absolute Gasteiger partial charge is 0.410 e. The van der Waals surface area contributed by atoms with Gasteiger partial charge in [0.25, 0.3) is 0 Å². The van der Waals surface area contributed by atoms with Gasteiger partial charge in [-0.05, 0) is 50.8 Å². The molecule has 2 atom stereocenters. The van der Waals surface area contributed by atoms with E-state index in [0.29, 0.717) is 25.3 Å². The van der Waals surface area contributed by atoms with Crippen molar-refractivity contribution < 1.29 is 24.2 Å². The van der Waals surface area contributed by atoms with E-state index in [2.05, 4.69) is 0 Å². The van der Waals surface area contributed by atoms with Gasteiger partial charge in [0.15, 0.2) is 0 Å². The van der Waals surface area contributed by atoms with Crippen LogP contribution < -0.4 is 4.74 Å². The first-order valence-electron chi connectivity index (χ1n) is 8.06. The van der Waals surface area contributed by atoms with Crippen LogP contribution in [0.5, 0.6) is 5.75 Å². The fraction of sp³-hybridized carbons (Fsp3) is 0.556. The minimum atomic E-state index is -0.879. The van der Waals surface area contributed by atoms with Crippen molar-refractivity contribution in [2.45, 2.75) is 38.7 Å². The molecule has 0 spiro atoms. The molecule has 1 heterocycles. The normalized spacial score (nSPS) is 19.0. The third-order valence-electron chi connectivity index (χ3n) is 4.09. The Morgan fingerprint density at radius 3 is 2.38 bits per heavy atom. The molecule has 1 fully saturated rings. The molecule has 0 aromatic heterocycles. The van der Waals surface area contributed by atoms with Crippen molar-refractivity contribution in [3.63, 3.8) is 0 Å². The molecule has 0 aliphatic carbocycles. The maximum atomic E-state index is 12.2. The molecule has 1 aromatic carbocycles. The highest BCUT2D eigenvalue weighted by atomic mass is 16.6. The highest BCUT2D eigenvalue weighted by molar-refractivity contribution is 5.77. The topological polar surface area (TPSA) is 76.1 Å². The lowest BCUT2D eigenvalue weighted by Gasteiger charge is -2.25. The Labute approximate surface area is 142 Å². The van der Waals surface area contributed by atoms with Gasteiger partial charge in [0.2, 0.25) is 0 Å². The Morgan fingerprint density at radius 1 is 1.25 bits per heavy atom. The molecule has 6 heteroatoms. The number of carbonyl (C=O) groups is 2. The van der Waals surface area contributed by atoms with E-state index < -0.39 is 17.5 Å². The number of ether oxygens (including phenoxy) is 2. The van der Waals surface area contributed by atoms with Crippen LogP contribution in [0.25, 0.3) is 0 Å². The number of benzene rings is 1. The Morgan fingerprint density at radius 2 is 1.88 bits per heavy atom. The quantitative estimate of drug-likeness (QED) is 0.915. The summed E-state index contributed by atoms with van der Waals surface area (Å²) in [6, 6.07) is 7.05. The zero-order chi connectivity index (χ0) is 17.9. The minimum absolute atomic E-state index is 0.136. The van der Waals surface area contributed by atoms with Gasteiger partial charge in [0.05, 0.1) is 13.0 Å². The maximum Gasteiger partial charge on any atom is 0.410 e. The van der Waals surface area contributed by atoms with Gasteiger partial charge < -0.3 is 19.5 Å². The molecule has 132 valence electrons. The number of rotatable bonds is 4. The van der Waals surface area contributed by atoms with E-state index in [4.69, 9.17) is 9.47 Å². The van der Waals surface area contributed by atoms with E-state index in [1.807, 2.05) is 20.8 Å². The van der Waals surface area contributed by atoms with Crippen LogP contribution in [-0.4, -0.2) is 47.9 Å². The number of carboxylic acid groups (broad SMARTS) is 1. The fourth-order valence-corrected chi connectivity index (χ4v) is 2.98. The first kappa shape index (κ1) is 18.1. The molecule has 1 aromatic rings. The van der Waals surface area contributed by atoms with Gasteiger partial charge in [0, 0.05) is 13.1 Å². The fourth-order valence-electron chi connectivity index (χ4n) is 2.98. The minimum Gasteiger partial charge on any atom is -0.497 e. The molecule has 1 aliphatic rings. The lowest BCUT2D eigenvalue weighted by molar-refractivity contribution is -0.140. The molecule has 0 radical (unpaired) electrons. The van der Waals surface area contributed by atoms with Crippen LogP contribution in [0, 0.1) is 5.92 Å². The summed E-state index contributed by atoms with van der Waals surface area (Å²) in [7, 11) is 1.57. The van der Waals surface area contributed by atoms with Crippen molar-refractivity contribution in [3.8, 4) is 5.75 Å². The molecule has 1 saturated heterocycles. The average molecular weight is 335 g/mol. The Bertz CT molecular complexity index is 590. The molecule has 6 nitrogen and oxygen atoms in total. The van der Waals surface area contributed by atoms with Crippen LogP contribution in [0.1, 0.15) is 38.7 Å². The number of hydrogen-bond donors (Lipinski definition) is 1. The van der Waals surface area contributed by atoms with Gasteiger partial charge in [-0.15, -0.1) is 0 Å². The zero-order valence-corrected chi connectivity index (χ0v) is 14.6. The molecule has 1 aliphatic heterocycles. The third kappa shape index (κ3) is 4.40. The van der Waals surface area contributed by atoms with Crippen LogP contribution in [0.3, 0.4) is 0 Å². The Kier molecular flexibility index (Phi) is 5.36. The monoisotopic (exact) mass is 335 g/mol. The number of hydrogen-bond acceptors (Lipinski definition) is 4. The van der Waals surface area contributed by atoms with E-state index in [1.54, 1.807) is 36.3 Å². The van der Waals surface area contributed by atoms with Crippen LogP contribution in [0.2, 0.25) is 0 Å². The van der Waals surface area contributed by atoms with Gasteiger partial charge in [-0.1, -0.05) is 12.1 Å². The number of nitrogens with zero attached hydrogens (tertiary/aromatic N) is 1. The maximum absolute atomic E-state index is 12.2. The molecule has 24 heavy (non-hydrogen) atoms. The van der Waals surface area contributed by atoms with Crippen LogP contribution in [0.15, 0.2) is 24.3 Å². The van der Waals surface area contributed by atoms with E-state index in [-0.39, 0.29) is 12.0 Å². The zero-order valence-electron chi connectivity index (χ0n) is 14.6. The van der Waals surface area contributed by atoms with Crippen molar-refractivity contribution in [3.05, 3.63) is 29.8 Å². The summed E-state index contributed by atoms with van der Waals surface area (Å²) < 4.78 is 10.5.